The van der Waals surface area contributed by atoms with Crippen molar-refractivity contribution >= 4 is 11.8 Å². The van der Waals surface area contributed by atoms with Crippen LogP contribution in [-0.2, 0) is 11.3 Å². The van der Waals surface area contributed by atoms with E-state index >= 15 is 0 Å². The number of benzene rings is 1. The molecule has 1 atom stereocenters. The molecule has 0 radical (unpaired) electrons. The first-order chi connectivity index (χ1) is 13.5. The molecular formula is C19H19F2N3O4. The average molecular weight is 391 g/mol. The molecule has 1 aliphatic heterocycles. The van der Waals surface area contributed by atoms with Gasteiger partial charge in [-0.05, 0) is 30.5 Å². The van der Waals surface area contributed by atoms with Gasteiger partial charge in [0, 0.05) is 25.4 Å². The zero-order valence-corrected chi connectivity index (χ0v) is 14.9. The molecule has 2 amide bonds. The van der Waals surface area contributed by atoms with Crippen LogP contribution in [0.3, 0.4) is 0 Å². The molecule has 1 fully saturated rings. The van der Waals surface area contributed by atoms with Gasteiger partial charge in [-0.2, -0.15) is 8.78 Å². The molecule has 1 aromatic heterocycles. The number of para-hydroxylation sites is 1. The highest BCUT2D eigenvalue weighted by Crippen LogP contribution is 2.26. The van der Waals surface area contributed by atoms with Crippen LogP contribution in [0.4, 0.5) is 8.78 Å². The van der Waals surface area contributed by atoms with Crippen LogP contribution in [0.1, 0.15) is 28.8 Å². The van der Waals surface area contributed by atoms with Crippen LogP contribution in [0.2, 0.25) is 0 Å². The molecule has 0 spiro atoms. The maximum Gasteiger partial charge on any atom is 0.387 e. The number of carbonyl (C=O) groups excluding carboxylic acids is 2. The third-order valence-corrected chi connectivity index (χ3v) is 4.47. The number of ether oxygens (including phenoxy) is 1. The minimum atomic E-state index is -3.05. The summed E-state index contributed by atoms with van der Waals surface area (Å²) in [6.07, 6.45) is 2.60. The minimum Gasteiger partial charge on any atom is -0.434 e. The molecule has 0 bridgehead atoms. The van der Waals surface area contributed by atoms with Gasteiger partial charge in [0.1, 0.15) is 11.8 Å². The van der Waals surface area contributed by atoms with Crippen molar-refractivity contribution in [2.45, 2.75) is 32.0 Å². The van der Waals surface area contributed by atoms with Gasteiger partial charge < -0.3 is 19.9 Å². The fraction of sp³-hybridized carbons (Fsp3) is 0.316. The van der Waals surface area contributed by atoms with Crippen molar-refractivity contribution < 1.29 is 23.1 Å². The second-order valence-electron chi connectivity index (χ2n) is 6.31. The van der Waals surface area contributed by atoms with Gasteiger partial charge >= 0.3 is 6.61 Å². The Bertz CT molecular complexity index is 896. The minimum absolute atomic E-state index is 0.0110. The number of hydrogen-bond donors (Lipinski definition) is 2. The second-order valence-corrected chi connectivity index (χ2v) is 6.31. The summed E-state index contributed by atoms with van der Waals surface area (Å²) >= 11 is 0. The third kappa shape index (κ3) is 4.54. The van der Waals surface area contributed by atoms with Crippen molar-refractivity contribution in [3.63, 3.8) is 0 Å². The third-order valence-electron chi connectivity index (χ3n) is 4.47. The number of alkyl halides is 2. The summed E-state index contributed by atoms with van der Waals surface area (Å²) < 4.78 is 29.6. The first-order valence-corrected chi connectivity index (χ1v) is 8.76. The van der Waals surface area contributed by atoms with E-state index in [0.717, 1.165) is 0 Å². The van der Waals surface area contributed by atoms with Crippen LogP contribution in [0.5, 0.6) is 5.75 Å². The fourth-order valence-corrected chi connectivity index (χ4v) is 3.14. The average Bonchev–Trinajstić information content (AvgIpc) is 3.17. The standard InChI is InChI=1S/C19H19F2N3O4/c20-19(21)28-15-6-2-1-4-13(15)18(27)24-9-3-5-14(24)17(26)23-11-12-7-8-16(25)22-10-12/h1-2,4,6-8,10,14,19H,3,5,9,11H2,(H,22,25)(H,23,26). The van der Waals surface area contributed by atoms with Gasteiger partial charge in [-0.3, -0.25) is 14.4 Å². The van der Waals surface area contributed by atoms with E-state index in [1.54, 1.807) is 12.1 Å². The van der Waals surface area contributed by atoms with Crippen LogP contribution >= 0.6 is 0 Å². The smallest absolute Gasteiger partial charge is 0.387 e. The van der Waals surface area contributed by atoms with E-state index in [-0.39, 0.29) is 29.3 Å². The molecule has 7 nitrogen and oxygen atoms in total. The first-order valence-electron chi connectivity index (χ1n) is 8.76. The van der Waals surface area contributed by atoms with Gasteiger partial charge in [0.05, 0.1) is 5.56 Å². The monoisotopic (exact) mass is 391 g/mol. The molecule has 3 rings (SSSR count). The number of pyridine rings is 1. The molecule has 1 aromatic carbocycles. The van der Waals surface area contributed by atoms with Crippen molar-refractivity contribution in [2.24, 2.45) is 0 Å². The number of aromatic amines is 1. The molecule has 148 valence electrons. The van der Waals surface area contributed by atoms with Gasteiger partial charge in [0.2, 0.25) is 11.5 Å². The molecule has 1 saturated heterocycles. The summed E-state index contributed by atoms with van der Waals surface area (Å²) in [6.45, 7) is -2.51. The number of halogens is 2. The van der Waals surface area contributed by atoms with E-state index < -0.39 is 18.6 Å². The molecule has 1 aliphatic rings. The van der Waals surface area contributed by atoms with Gasteiger partial charge in [0.15, 0.2) is 0 Å². The topological polar surface area (TPSA) is 91.5 Å². The van der Waals surface area contributed by atoms with Crippen LogP contribution in [0.15, 0.2) is 47.4 Å². The Hall–Kier alpha value is -3.23. The lowest BCUT2D eigenvalue weighted by Gasteiger charge is -2.25. The molecule has 0 saturated carbocycles. The number of likely N-dealkylation sites (tertiary alicyclic amines) is 1. The van der Waals surface area contributed by atoms with E-state index in [1.165, 1.54) is 35.4 Å². The number of nitrogens with zero attached hydrogens (tertiary/aromatic N) is 1. The number of H-pyrrole nitrogens is 1. The summed E-state index contributed by atoms with van der Waals surface area (Å²) in [6, 6.07) is 7.98. The molecular weight excluding hydrogens is 372 g/mol. The quantitative estimate of drug-likeness (QED) is 0.787. The lowest BCUT2D eigenvalue weighted by atomic mass is 10.1. The Kier molecular flexibility index (Phi) is 6.03. The zero-order chi connectivity index (χ0) is 20.1. The predicted octanol–water partition coefficient (Wildman–Crippen LogP) is 1.90. The highest BCUT2D eigenvalue weighted by Gasteiger charge is 2.35. The highest BCUT2D eigenvalue weighted by atomic mass is 19.3. The Morgan fingerprint density at radius 1 is 1.25 bits per heavy atom. The molecule has 0 aliphatic carbocycles. The van der Waals surface area contributed by atoms with Gasteiger partial charge in [-0.25, -0.2) is 0 Å². The van der Waals surface area contributed by atoms with Crippen molar-refractivity contribution in [3.05, 3.63) is 64.1 Å². The van der Waals surface area contributed by atoms with Crippen molar-refractivity contribution in [1.29, 1.82) is 0 Å². The van der Waals surface area contributed by atoms with Crippen molar-refractivity contribution in [3.8, 4) is 5.75 Å². The number of hydrogen-bond acceptors (Lipinski definition) is 4. The summed E-state index contributed by atoms with van der Waals surface area (Å²) in [5.41, 5.74) is 0.454. The van der Waals surface area contributed by atoms with E-state index in [2.05, 4.69) is 15.0 Å². The number of carbonyl (C=O) groups is 2. The normalized spacial score (nSPS) is 16.2. The number of nitrogens with one attached hydrogen (secondary N) is 2. The van der Waals surface area contributed by atoms with Crippen molar-refractivity contribution in [2.75, 3.05) is 6.54 Å². The number of amides is 2. The van der Waals surface area contributed by atoms with Gasteiger partial charge in [-0.1, -0.05) is 18.2 Å². The maximum absolute atomic E-state index is 12.9. The zero-order valence-electron chi connectivity index (χ0n) is 14.9. The van der Waals surface area contributed by atoms with Crippen LogP contribution in [0, 0.1) is 0 Å². The van der Waals surface area contributed by atoms with Crippen LogP contribution in [0.25, 0.3) is 0 Å². The Labute approximate surface area is 159 Å². The Balaban J connectivity index is 1.70. The summed E-state index contributed by atoms with van der Waals surface area (Å²) in [5.74, 6) is -1.09. The van der Waals surface area contributed by atoms with E-state index in [1.807, 2.05) is 0 Å². The molecule has 1 unspecified atom stereocenters. The molecule has 28 heavy (non-hydrogen) atoms. The Morgan fingerprint density at radius 2 is 2.04 bits per heavy atom. The highest BCUT2D eigenvalue weighted by molar-refractivity contribution is 6.00. The maximum atomic E-state index is 12.9. The summed E-state index contributed by atoms with van der Waals surface area (Å²) in [4.78, 5) is 40.4. The van der Waals surface area contributed by atoms with E-state index in [9.17, 15) is 23.2 Å². The fourth-order valence-electron chi connectivity index (χ4n) is 3.14. The molecule has 9 heteroatoms. The second kappa shape index (κ2) is 8.64. The number of rotatable bonds is 6. The van der Waals surface area contributed by atoms with Gasteiger partial charge in [0.25, 0.3) is 5.91 Å². The molecule has 2 aromatic rings. The van der Waals surface area contributed by atoms with Crippen LogP contribution < -0.4 is 15.6 Å². The molecule has 2 heterocycles. The predicted molar refractivity (Wildman–Crippen MR) is 96.0 cm³/mol. The van der Waals surface area contributed by atoms with E-state index in [0.29, 0.717) is 24.9 Å². The molecule has 2 N–H and O–H groups in total. The lowest BCUT2D eigenvalue weighted by Crippen LogP contribution is -2.45. The van der Waals surface area contributed by atoms with Gasteiger partial charge in [-0.15, -0.1) is 0 Å². The summed E-state index contributed by atoms with van der Waals surface area (Å²) in [7, 11) is 0. The SMILES string of the molecule is O=C(NCc1ccc(=O)[nH]c1)C1CCCN1C(=O)c1ccccc1OC(F)F. The largest absolute Gasteiger partial charge is 0.434 e. The number of aromatic nitrogens is 1. The first kappa shape index (κ1) is 19.5. The van der Waals surface area contributed by atoms with Crippen molar-refractivity contribution in [1.82, 2.24) is 15.2 Å². The summed E-state index contributed by atoms with van der Waals surface area (Å²) in [5, 5.41) is 2.74. The van der Waals surface area contributed by atoms with Crippen LogP contribution in [-0.4, -0.2) is 40.9 Å². The lowest BCUT2D eigenvalue weighted by molar-refractivity contribution is -0.125. The Morgan fingerprint density at radius 3 is 2.75 bits per heavy atom. The van der Waals surface area contributed by atoms with E-state index in [4.69, 9.17) is 0 Å².